The summed E-state index contributed by atoms with van der Waals surface area (Å²) in [6.07, 6.45) is -7.21. The van der Waals surface area contributed by atoms with E-state index in [0.717, 1.165) is 21.3 Å². The number of hydrogen-bond donors (Lipinski definition) is 9. The van der Waals surface area contributed by atoms with E-state index in [0.29, 0.717) is 74.0 Å². The van der Waals surface area contributed by atoms with Gasteiger partial charge in [0.2, 0.25) is 11.8 Å². The lowest BCUT2D eigenvalue weighted by molar-refractivity contribution is -0.896. The summed E-state index contributed by atoms with van der Waals surface area (Å²) in [6, 6.07) is 17.5. The largest absolute Gasteiger partial charge is 0.491 e. The van der Waals surface area contributed by atoms with Crippen molar-refractivity contribution in [1.82, 2.24) is 25.5 Å². The van der Waals surface area contributed by atoms with Crippen LogP contribution >= 0.6 is 22.7 Å². The van der Waals surface area contributed by atoms with E-state index in [1.54, 1.807) is 44.0 Å². The number of fused-ring (bicyclic) bond motifs is 1. The van der Waals surface area contributed by atoms with Crippen LogP contribution in [0.25, 0.3) is 10.2 Å². The van der Waals surface area contributed by atoms with Crippen LogP contribution in [0.5, 0.6) is 5.75 Å². The van der Waals surface area contributed by atoms with Gasteiger partial charge in [-0.2, -0.15) is 0 Å². The fourth-order valence-corrected chi connectivity index (χ4v) is 10.3. The number of anilines is 5. The highest BCUT2D eigenvalue weighted by atomic mass is 32.1. The second-order valence-electron chi connectivity index (χ2n) is 20.0. The number of rotatable bonds is 22. The predicted octanol–water partition coefficient (Wildman–Crippen LogP) is 5.13. The molecule has 0 aliphatic carbocycles. The normalized spacial score (nSPS) is 18.1. The Bertz CT molecular complexity index is 3180. The maximum Gasteiger partial charge on any atom is 0.355 e. The van der Waals surface area contributed by atoms with Crippen molar-refractivity contribution in [2.24, 2.45) is 11.7 Å². The lowest BCUT2D eigenvalue weighted by atomic mass is 9.90. The number of aromatic nitrogens is 4. The minimum Gasteiger partial charge on any atom is -0.491 e. The molecule has 1 aliphatic rings. The van der Waals surface area contributed by atoms with Gasteiger partial charge in [-0.05, 0) is 111 Å². The molecular weight excluding hydrogens is 1050 g/mol. The summed E-state index contributed by atoms with van der Waals surface area (Å²) in [4.78, 5) is 61.0. The Kier molecular flexibility index (Phi) is 19.1. The van der Waals surface area contributed by atoms with Crippen LogP contribution in [0.15, 0.2) is 66.7 Å². The van der Waals surface area contributed by atoms with E-state index in [4.69, 9.17) is 15.2 Å². The Morgan fingerprint density at radius 1 is 0.923 bits per heavy atom. The average Bonchev–Trinajstić information content (AvgIpc) is 4.03. The number of aliphatic carboxylic acids is 1. The van der Waals surface area contributed by atoms with Gasteiger partial charge in [0.25, 0.3) is 0 Å². The van der Waals surface area contributed by atoms with Gasteiger partial charge in [0.1, 0.15) is 37.4 Å². The summed E-state index contributed by atoms with van der Waals surface area (Å²) < 4.78 is 28.1. The second-order valence-corrected chi connectivity index (χ2v) is 22.1. The van der Waals surface area contributed by atoms with Gasteiger partial charge in [-0.15, -0.1) is 21.5 Å². The number of nitrogens with one attached hydrogen (secondary N) is 3. The summed E-state index contributed by atoms with van der Waals surface area (Å²) in [5, 5.41) is 69.5. The van der Waals surface area contributed by atoms with Crippen LogP contribution in [-0.4, -0.2) is 151 Å². The van der Waals surface area contributed by atoms with Gasteiger partial charge in [-0.1, -0.05) is 49.3 Å². The highest BCUT2D eigenvalue weighted by Gasteiger charge is 2.46. The molecule has 7 rings (SSSR count). The van der Waals surface area contributed by atoms with Gasteiger partial charge in [0, 0.05) is 28.7 Å². The number of nitrogens with two attached hydrogens (primary N) is 1. The van der Waals surface area contributed by atoms with Gasteiger partial charge < -0.3 is 66.1 Å². The van der Waals surface area contributed by atoms with Crippen molar-refractivity contribution in [2.75, 3.05) is 49.8 Å². The van der Waals surface area contributed by atoms with Crippen LogP contribution in [0.2, 0.25) is 0 Å². The molecular formula is C54H64FN10O11S2+. The van der Waals surface area contributed by atoms with Crippen molar-refractivity contribution in [2.45, 2.75) is 103 Å². The number of nitrogens with zero attached hydrogens (tertiary/aromatic N) is 6. The summed E-state index contributed by atoms with van der Waals surface area (Å²) in [7, 11) is 5.60. The number of carboxylic acids is 2. The zero-order chi connectivity index (χ0) is 56.6. The number of aryl methyl sites for hydroxylation is 3. The number of ether oxygens (including phenoxy) is 2. The molecule has 24 heteroatoms. The SMILES string of the molecule is Cc1cc(N(C)c2nc(C(=O)O)c(CCCOc3ccc(C#CC[N+](C)(C)Cc4ccc(NC(=O)[C@H](C)NC(=O)[C@@H](N)C(C)C)cc4CC[C@@H]4O[C@H](C(=O)O)[C@@H](O)[C@H](O)[C@H]4O)cc3F)s2)nnc1Nc1nc2ccccc2s1. The molecule has 7 atom stereocenters. The van der Waals surface area contributed by atoms with E-state index in [1.807, 2.05) is 57.4 Å². The minimum atomic E-state index is -1.84. The fraction of sp³-hybridized carbons (Fsp3) is 0.407. The third-order valence-electron chi connectivity index (χ3n) is 13.0. The highest BCUT2D eigenvalue weighted by Crippen LogP contribution is 2.34. The number of aromatic carboxylic acids is 1. The number of aliphatic hydroxyl groups is 3. The van der Waals surface area contributed by atoms with Crippen LogP contribution in [0.1, 0.15) is 71.2 Å². The number of quaternary nitrogens is 1. The molecule has 414 valence electrons. The highest BCUT2D eigenvalue weighted by molar-refractivity contribution is 7.22. The molecule has 21 nitrogen and oxygen atoms in total. The Hall–Kier alpha value is -7.21. The number of para-hydroxylation sites is 1. The zero-order valence-corrected chi connectivity index (χ0v) is 45.7. The molecule has 1 fully saturated rings. The first-order chi connectivity index (χ1) is 37.0. The molecule has 78 heavy (non-hydrogen) atoms. The fourth-order valence-electron chi connectivity index (χ4n) is 8.40. The number of aliphatic hydroxyl groups excluding tert-OH is 3. The number of amides is 2. The molecule has 0 bridgehead atoms. The Labute approximate surface area is 457 Å². The van der Waals surface area contributed by atoms with Crippen LogP contribution < -0.4 is 31.3 Å². The molecule has 2 amide bonds. The van der Waals surface area contributed by atoms with E-state index in [2.05, 4.69) is 48.0 Å². The van der Waals surface area contributed by atoms with Crippen LogP contribution in [0.4, 0.5) is 32.0 Å². The number of benzene rings is 3. The van der Waals surface area contributed by atoms with Gasteiger partial charge >= 0.3 is 11.9 Å². The quantitative estimate of drug-likeness (QED) is 0.0242. The number of halogens is 1. The number of thiazole rings is 2. The minimum absolute atomic E-state index is 0.00637. The molecule has 0 spiro atoms. The molecule has 6 aromatic rings. The standard InChI is InChI=1S/C54H63FN10O11S2/c1-28(2)42(56)50(70)57-30(4)49(69)58-34-19-17-33(32(26-34)18-21-38-44(66)45(67)46(68)47(76-38)52(73)74)27-65(6,7)22-10-12-31-16-20-37(35(55)25-31)75-23-11-15-40-43(51(71)72)60-54(78-40)64(5)41-24-29(3)48(63-62-41)61-53-59-36-13-8-9-14-39(36)77-53/h8-9,13-14,16-17,19-20,24-26,28,30,38,42,44-47,66-68H,11,15,18,21-23,27,56H2,1-7H3,(H4-,57,58,59,61,63,69,70,71,72,73,74)/p+1/t30-,38-,42-,44-,45+,46-,47-/m0/s1. The number of carbonyl (C=O) groups is 4. The van der Waals surface area contributed by atoms with Gasteiger partial charge in [-0.3, -0.25) is 9.59 Å². The number of carboxylic acid groups (broad SMARTS) is 2. The molecule has 3 aromatic heterocycles. The molecule has 1 aliphatic heterocycles. The topological polar surface area (TPSA) is 305 Å². The number of carbonyl (C=O) groups excluding carboxylic acids is 2. The van der Waals surface area contributed by atoms with Gasteiger partial charge in [0.05, 0.1) is 43.1 Å². The van der Waals surface area contributed by atoms with E-state index < -0.39 is 72.2 Å². The molecule has 0 radical (unpaired) electrons. The molecule has 10 N–H and O–H groups in total. The van der Waals surface area contributed by atoms with E-state index in [1.165, 1.54) is 41.7 Å². The lowest BCUT2D eigenvalue weighted by Crippen LogP contribution is -2.59. The van der Waals surface area contributed by atoms with Gasteiger partial charge in [0.15, 0.2) is 45.3 Å². The summed E-state index contributed by atoms with van der Waals surface area (Å²) in [5.41, 5.74) is 9.83. The van der Waals surface area contributed by atoms with E-state index in [-0.39, 0.29) is 36.8 Å². The summed E-state index contributed by atoms with van der Waals surface area (Å²) in [6.45, 7) is 7.78. The Balaban J connectivity index is 0.951. The molecule has 0 saturated carbocycles. The monoisotopic (exact) mass is 1110 g/mol. The first-order valence-corrected chi connectivity index (χ1v) is 26.7. The van der Waals surface area contributed by atoms with E-state index in [9.17, 15) is 44.7 Å². The predicted molar refractivity (Wildman–Crippen MR) is 293 cm³/mol. The Morgan fingerprint density at radius 2 is 1.68 bits per heavy atom. The van der Waals surface area contributed by atoms with E-state index >= 15 is 4.39 Å². The first-order valence-electron chi connectivity index (χ1n) is 25.1. The third kappa shape index (κ3) is 14.7. The third-order valence-corrected chi connectivity index (χ3v) is 15.1. The lowest BCUT2D eigenvalue weighted by Gasteiger charge is -2.39. The van der Waals surface area contributed by atoms with Crippen molar-refractivity contribution in [3.05, 3.63) is 105 Å². The number of hydrogen-bond acceptors (Lipinski definition) is 18. The van der Waals surface area contributed by atoms with Crippen molar-refractivity contribution >= 4 is 84.2 Å². The van der Waals surface area contributed by atoms with Crippen LogP contribution in [0.3, 0.4) is 0 Å². The maximum absolute atomic E-state index is 15.4. The van der Waals surface area contributed by atoms with Crippen LogP contribution in [-0.2, 0) is 38.5 Å². The molecule has 1 saturated heterocycles. The van der Waals surface area contributed by atoms with Crippen LogP contribution in [0, 0.1) is 30.5 Å². The first kappa shape index (κ1) is 58.5. The molecule has 0 unspecified atom stereocenters. The van der Waals surface area contributed by atoms with Gasteiger partial charge in [-0.25, -0.2) is 23.9 Å². The van der Waals surface area contributed by atoms with Crippen molar-refractivity contribution in [1.29, 1.82) is 0 Å². The molecule has 3 aromatic carbocycles. The molecule has 4 heterocycles. The average molecular weight is 1110 g/mol. The second kappa shape index (κ2) is 25.5. The van der Waals surface area contributed by atoms with Crippen molar-refractivity contribution < 1.29 is 63.1 Å². The summed E-state index contributed by atoms with van der Waals surface area (Å²) in [5.74, 6) is 2.72. The Morgan fingerprint density at radius 3 is 2.37 bits per heavy atom. The van der Waals surface area contributed by atoms with Crippen molar-refractivity contribution in [3.8, 4) is 17.6 Å². The zero-order valence-electron chi connectivity index (χ0n) is 44.1. The van der Waals surface area contributed by atoms with Crippen molar-refractivity contribution in [3.63, 3.8) is 0 Å². The maximum atomic E-state index is 15.4. The smallest absolute Gasteiger partial charge is 0.355 e. The summed E-state index contributed by atoms with van der Waals surface area (Å²) >= 11 is 2.71.